The Labute approximate surface area is 112 Å². The van der Waals surface area contributed by atoms with Gasteiger partial charge in [-0.2, -0.15) is 5.10 Å². The molecule has 0 aliphatic rings. The summed E-state index contributed by atoms with van der Waals surface area (Å²) in [5.74, 6) is -0.112. The molecular weight excluding hydrogens is 245 g/mol. The topological polar surface area (TPSA) is 39.1 Å². The number of hydrogen-bond donors (Lipinski definition) is 1. The van der Waals surface area contributed by atoms with Crippen LogP contribution in [0.5, 0.6) is 5.75 Å². The molecule has 1 heterocycles. The minimum Gasteiger partial charge on any atom is -0.494 e. The monoisotopic (exact) mass is 263 g/mol. The number of aryl methyl sites for hydroxylation is 1. The van der Waals surface area contributed by atoms with Crippen molar-refractivity contribution in [1.82, 2.24) is 15.1 Å². The van der Waals surface area contributed by atoms with Gasteiger partial charge in [0.05, 0.1) is 12.8 Å². The summed E-state index contributed by atoms with van der Waals surface area (Å²) in [5, 5.41) is 7.53. The fourth-order valence-corrected chi connectivity index (χ4v) is 2.17. The van der Waals surface area contributed by atoms with Gasteiger partial charge in [0.2, 0.25) is 0 Å². The van der Waals surface area contributed by atoms with Crippen molar-refractivity contribution in [1.29, 1.82) is 0 Å². The first-order valence-corrected chi connectivity index (χ1v) is 6.09. The van der Waals surface area contributed by atoms with Gasteiger partial charge in [-0.15, -0.1) is 0 Å². The third kappa shape index (κ3) is 2.46. The van der Waals surface area contributed by atoms with Gasteiger partial charge in [0, 0.05) is 24.8 Å². The van der Waals surface area contributed by atoms with Crippen molar-refractivity contribution in [2.24, 2.45) is 7.05 Å². The summed E-state index contributed by atoms with van der Waals surface area (Å²) in [6.45, 7) is 2.62. The van der Waals surface area contributed by atoms with Crippen LogP contribution in [-0.2, 0) is 13.6 Å². The highest BCUT2D eigenvalue weighted by Crippen LogP contribution is 2.30. The molecule has 0 unspecified atom stereocenters. The van der Waals surface area contributed by atoms with Gasteiger partial charge >= 0.3 is 0 Å². The summed E-state index contributed by atoms with van der Waals surface area (Å²) in [4.78, 5) is 0. The van der Waals surface area contributed by atoms with Gasteiger partial charge in [0.15, 0.2) is 11.6 Å². The van der Waals surface area contributed by atoms with Crippen molar-refractivity contribution in [3.05, 3.63) is 35.4 Å². The first-order chi connectivity index (χ1) is 9.08. The second kappa shape index (κ2) is 5.40. The van der Waals surface area contributed by atoms with E-state index in [1.165, 1.54) is 13.2 Å². The number of hydrogen-bond acceptors (Lipinski definition) is 3. The Morgan fingerprint density at radius 2 is 2.16 bits per heavy atom. The number of rotatable bonds is 4. The quantitative estimate of drug-likeness (QED) is 0.919. The third-order valence-electron chi connectivity index (χ3n) is 3.19. The summed E-state index contributed by atoms with van der Waals surface area (Å²) < 4.78 is 20.6. The number of benzene rings is 1. The first-order valence-electron chi connectivity index (χ1n) is 6.09. The van der Waals surface area contributed by atoms with E-state index in [0.29, 0.717) is 6.54 Å². The van der Waals surface area contributed by atoms with Gasteiger partial charge in [-0.05, 0) is 31.7 Å². The van der Waals surface area contributed by atoms with Crippen LogP contribution in [0.25, 0.3) is 11.1 Å². The molecule has 0 saturated carbocycles. The molecule has 1 aromatic carbocycles. The molecular formula is C14H18FN3O. The minimum absolute atomic E-state index is 0.250. The fraction of sp³-hybridized carbons (Fsp3) is 0.357. The summed E-state index contributed by atoms with van der Waals surface area (Å²) in [6, 6.07) is 4.98. The van der Waals surface area contributed by atoms with Crippen molar-refractivity contribution in [2.45, 2.75) is 13.5 Å². The Balaban J connectivity index is 2.54. The Morgan fingerprint density at radius 3 is 2.74 bits per heavy atom. The molecule has 19 heavy (non-hydrogen) atoms. The second-order valence-corrected chi connectivity index (χ2v) is 4.41. The molecule has 1 N–H and O–H groups in total. The van der Waals surface area contributed by atoms with E-state index >= 15 is 0 Å². The standard InChI is InChI=1S/C14H18FN3O/c1-9-14(12(8-16-2)17-18(9)3)10-5-6-13(19-4)11(15)7-10/h5-7,16H,8H2,1-4H3. The van der Waals surface area contributed by atoms with Crippen LogP contribution in [0.4, 0.5) is 4.39 Å². The van der Waals surface area contributed by atoms with Crippen molar-refractivity contribution < 1.29 is 9.13 Å². The van der Waals surface area contributed by atoms with E-state index in [2.05, 4.69) is 10.4 Å². The van der Waals surface area contributed by atoms with E-state index in [4.69, 9.17) is 4.74 Å². The molecule has 0 fully saturated rings. The Morgan fingerprint density at radius 1 is 1.42 bits per heavy atom. The summed E-state index contributed by atoms with van der Waals surface area (Å²) in [7, 11) is 5.21. The first kappa shape index (κ1) is 13.5. The maximum absolute atomic E-state index is 13.8. The lowest BCUT2D eigenvalue weighted by atomic mass is 10.0. The number of nitrogens with one attached hydrogen (secondary N) is 1. The predicted octanol–water partition coefficient (Wildman–Crippen LogP) is 2.26. The molecule has 1 aromatic heterocycles. The van der Waals surface area contributed by atoms with Crippen molar-refractivity contribution >= 4 is 0 Å². The average molecular weight is 263 g/mol. The van der Waals surface area contributed by atoms with Gasteiger partial charge in [-0.1, -0.05) is 6.07 Å². The van der Waals surface area contributed by atoms with E-state index in [1.54, 1.807) is 6.07 Å². The number of aromatic nitrogens is 2. The lowest BCUT2D eigenvalue weighted by Crippen LogP contribution is -2.07. The van der Waals surface area contributed by atoms with Crippen LogP contribution in [0.1, 0.15) is 11.4 Å². The molecule has 0 spiro atoms. The maximum atomic E-state index is 13.8. The molecule has 0 amide bonds. The highest BCUT2D eigenvalue weighted by atomic mass is 19.1. The lowest BCUT2D eigenvalue weighted by molar-refractivity contribution is 0.386. The molecule has 0 saturated heterocycles. The van der Waals surface area contributed by atoms with Gasteiger partial charge in [0.25, 0.3) is 0 Å². The average Bonchev–Trinajstić information content (AvgIpc) is 2.65. The van der Waals surface area contributed by atoms with Gasteiger partial charge in [-0.25, -0.2) is 4.39 Å². The highest BCUT2D eigenvalue weighted by Gasteiger charge is 2.15. The zero-order valence-corrected chi connectivity index (χ0v) is 11.6. The smallest absolute Gasteiger partial charge is 0.165 e. The van der Waals surface area contributed by atoms with E-state index in [9.17, 15) is 4.39 Å². The molecule has 0 atom stereocenters. The molecule has 0 aliphatic heterocycles. The third-order valence-corrected chi connectivity index (χ3v) is 3.19. The van der Waals surface area contributed by atoms with E-state index in [0.717, 1.165) is 22.5 Å². The molecule has 2 aromatic rings. The molecule has 5 heteroatoms. The van der Waals surface area contributed by atoms with Crippen molar-refractivity contribution in [3.63, 3.8) is 0 Å². The Hall–Kier alpha value is -1.88. The lowest BCUT2D eigenvalue weighted by Gasteiger charge is -2.07. The van der Waals surface area contributed by atoms with Crippen LogP contribution >= 0.6 is 0 Å². The summed E-state index contributed by atoms with van der Waals surface area (Å²) in [5.41, 5.74) is 3.70. The van der Waals surface area contributed by atoms with Crippen LogP contribution in [0, 0.1) is 12.7 Å². The van der Waals surface area contributed by atoms with Gasteiger partial charge < -0.3 is 10.1 Å². The molecule has 0 bridgehead atoms. The number of ether oxygens (including phenoxy) is 1. The number of halogens is 1. The van der Waals surface area contributed by atoms with Crippen LogP contribution in [-0.4, -0.2) is 23.9 Å². The second-order valence-electron chi connectivity index (χ2n) is 4.41. The van der Waals surface area contributed by atoms with E-state index in [-0.39, 0.29) is 11.6 Å². The maximum Gasteiger partial charge on any atom is 0.165 e. The SMILES string of the molecule is CNCc1nn(C)c(C)c1-c1ccc(OC)c(F)c1. The molecule has 102 valence electrons. The number of methoxy groups -OCH3 is 1. The minimum atomic E-state index is -0.362. The number of nitrogens with zero attached hydrogens (tertiary/aromatic N) is 2. The molecule has 2 rings (SSSR count). The Bertz CT molecular complexity index is 593. The zero-order valence-electron chi connectivity index (χ0n) is 11.6. The Kier molecular flexibility index (Phi) is 3.85. The van der Waals surface area contributed by atoms with Crippen LogP contribution in [0.2, 0.25) is 0 Å². The predicted molar refractivity (Wildman–Crippen MR) is 72.7 cm³/mol. The largest absolute Gasteiger partial charge is 0.494 e. The summed E-state index contributed by atoms with van der Waals surface area (Å²) in [6.07, 6.45) is 0. The van der Waals surface area contributed by atoms with Crippen molar-refractivity contribution in [2.75, 3.05) is 14.2 Å². The van der Waals surface area contributed by atoms with Crippen molar-refractivity contribution in [3.8, 4) is 16.9 Å². The molecule has 0 radical (unpaired) electrons. The normalized spacial score (nSPS) is 10.8. The molecule has 4 nitrogen and oxygen atoms in total. The van der Waals surface area contributed by atoms with E-state index in [1.807, 2.05) is 31.8 Å². The highest BCUT2D eigenvalue weighted by molar-refractivity contribution is 5.69. The zero-order chi connectivity index (χ0) is 14.0. The van der Waals surface area contributed by atoms with Gasteiger partial charge in [-0.3, -0.25) is 4.68 Å². The van der Waals surface area contributed by atoms with Crippen LogP contribution in [0.15, 0.2) is 18.2 Å². The van der Waals surface area contributed by atoms with Crippen LogP contribution in [0.3, 0.4) is 0 Å². The van der Waals surface area contributed by atoms with E-state index < -0.39 is 0 Å². The van der Waals surface area contributed by atoms with Crippen LogP contribution < -0.4 is 10.1 Å². The molecule has 0 aliphatic carbocycles. The fourth-order valence-electron chi connectivity index (χ4n) is 2.17. The van der Waals surface area contributed by atoms with Gasteiger partial charge in [0.1, 0.15) is 0 Å². The summed E-state index contributed by atoms with van der Waals surface area (Å²) >= 11 is 0.